The Labute approximate surface area is 106 Å². The van der Waals surface area contributed by atoms with Gasteiger partial charge in [-0.1, -0.05) is 11.3 Å². The zero-order valence-corrected chi connectivity index (χ0v) is 11.3. The third-order valence-corrected chi connectivity index (χ3v) is 5.19. The van der Waals surface area contributed by atoms with Crippen LogP contribution in [0.25, 0.3) is 0 Å². The molecule has 17 heavy (non-hydrogen) atoms. The molecule has 0 spiro atoms. The van der Waals surface area contributed by atoms with E-state index in [2.05, 4.69) is 18.9 Å². The Balaban J connectivity index is 1.81. The highest BCUT2D eigenvalue weighted by Crippen LogP contribution is 2.45. The monoisotopic (exact) mass is 252 g/mol. The standard InChI is InChI=1S/C13H20N2OS/c1-8(9-3-4-9)15(2)13-14-12(10-5-6-10)11(7-16)17-13/h8-10,16H,3-7H2,1-2H3. The van der Waals surface area contributed by atoms with E-state index in [0.717, 1.165) is 15.9 Å². The molecule has 1 aromatic rings. The van der Waals surface area contributed by atoms with Crippen LogP contribution in [0.4, 0.5) is 5.13 Å². The normalized spacial score (nSPS) is 21.6. The van der Waals surface area contributed by atoms with Crippen LogP contribution in [-0.2, 0) is 6.61 Å². The van der Waals surface area contributed by atoms with Gasteiger partial charge in [-0.15, -0.1) is 0 Å². The minimum absolute atomic E-state index is 0.148. The van der Waals surface area contributed by atoms with Gasteiger partial charge in [0.2, 0.25) is 0 Å². The molecule has 3 nitrogen and oxygen atoms in total. The molecule has 0 radical (unpaired) electrons. The Morgan fingerprint density at radius 1 is 1.41 bits per heavy atom. The highest BCUT2D eigenvalue weighted by molar-refractivity contribution is 7.15. The van der Waals surface area contributed by atoms with Crippen LogP contribution in [0.15, 0.2) is 0 Å². The van der Waals surface area contributed by atoms with Gasteiger partial charge >= 0.3 is 0 Å². The minimum Gasteiger partial charge on any atom is -0.391 e. The second-order valence-corrected chi connectivity index (χ2v) is 6.49. The fraction of sp³-hybridized carbons (Fsp3) is 0.769. The number of nitrogens with zero attached hydrogens (tertiary/aromatic N) is 2. The van der Waals surface area contributed by atoms with Gasteiger partial charge in [-0.3, -0.25) is 0 Å². The number of aliphatic hydroxyl groups excluding tert-OH is 1. The lowest BCUT2D eigenvalue weighted by atomic mass is 10.2. The number of thiazole rings is 1. The van der Waals surface area contributed by atoms with Crippen LogP contribution in [-0.4, -0.2) is 23.2 Å². The summed E-state index contributed by atoms with van der Waals surface area (Å²) >= 11 is 1.67. The molecule has 0 aliphatic heterocycles. The molecule has 1 unspecified atom stereocenters. The highest BCUT2D eigenvalue weighted by atomic mass is 32.1. The molecule has 1 N–H and O–H groups in total. The Hall–Kier alpha value is -0.610. The van der Waals surface area contributed by atoms with Crippen LogP contribution < -0.4 is 4.90 Å². The van der Waals surface area contributed by atoms with Crippen LogP contribution in [0.3, 0.4) is 0 Å². The van der Waals surface area contributed by atoms with Crippen LogP contribution in [0, 0.1) is 5.92 Å². The van der Waals surface area contributed by atoms with Crippen molar-refractivity contribution < 1.29 is 5.11 Å². The molecule has 0 saturated heterocycles. The van der Waals surface area contributed by atoms with E-state index in [9.17, 15) is 5.11 Å². The maximum atomic E-state index is 9.40. The predicted octanol–water partition coefficient (Wildman–Crippen LogP) is 2.75. The van der Waals surface area contributed by atoms with Crippen LogP contribution in [0.5, 0.6) is 0 Å². The van der Waals surface area contributed by atoms with Gasteiger partial charge in [0.1, 0.15) is 0 Å². The van der Waals surface area contributed by atoms with E-state index in [1.807, 2.05) is 0 Å². The number of anilines is 1. The Morgan fingerprint density at radius 3 is 2.65 bits per heavy atom. The van der Waals surface area contributed by atoms with Crippen molar-refractivity contribution in [3.63, 3.8) is 0 Å². The average Bonchev–Trinajstić information content (AvgIpc) is 3.23. The number of aliphatic hydroxyl groups is 1. The average molecular weight is 252 g/mol. The lowest BCUT2D eigenvalue weighted by Crippen LogP contribution is -2.30. The molecule has 1 aromatic heterocycles. The second-order valence-electron chi connectivity index (χ2n) is 5.43. The molecule has 2 aliphatic carbocycles. The molecule has 1 atom stereocenters. The first-order chi connectivity index (χ1) is 8.20. The highest BCUT2D eigenvalue weighted by Gasteiger charge is 2.34. The van der Waals surface area contributed by atoms with Crippen molar-refractivity contribution in [3.8, 4) is 0 Å². The molecule has 2 fully saturated rings. The molecule has 94 valence electrons. The maximum absolute atomic E-state index is 9.40. The number of hydrogen-bond donors (Lipinski definition) is 1. The topological polar surface area (TPSA) is 36.4 Å². The third-order valence-electron chi connectivity index (χ3n) is 4.04. The SMILES string of the molecule is CC(C1CC1)N(C)c1nc(C2CC2)c(CO)s1. The van der Waals surface area contributed by atoms with E-state index >= 15 is 0 Å². The molecular formula is C13H20N2OS. The molecule has 2 aliphatic rings. The number of rotatable bonds is 5. The Morgan fingerprint density at radius 2 is 2.12 bits per heavy atom. The fourth-order valence-corrected chi connectivity index (χ4v) is 3.42. The van der Waals surface area contributed by atoms with Crippen molar-refractivity contribution >= 4 is 16.5 Å². The molecule has 0 aromatic carbocycles. The van der Waals surface area contributed by atoms with Gasteiger partial charge in [0.15, 0.2) is 5.13 Å². The van der Waals surface area contributed by atoms with E-state index < -0.39 is 0 Å². The predicted molar refractivity (Wildman–Crippen MR) is 70.6 cm³/mol. The summed E-state index contributed by atoms with van der Waals surface area (Å²) in [4.78, 5) is 8.14. The molecule has 0 bridgehead atoms. The summed E-state index contributed by atoms with van der Waals surface area (Å²) in [6.45, 7) is 2.43. The van der Waals surface area contributed by atoms with Gasteiger partial charge in [-0.05, 0) is 38.5 Å². The van der Waals surface area contributed by atoms with Crippen molar-refractivity contribution in [3.05, 3.63) is 10.6 Å². The molecule has 2 saturated carbocycles. The van der Waals surface area contributed by atoms with E-state index in [1.54, 1.807) is 11.3 Å². The number of hydrogen-bond acceptors (Lipinski definition) is 4. The summed E-state index contributed by atoms with van der Waals surface area (Å²) < 4.78 is 0. The summed E-state index contributed by atoms with van der Waals surface area (Å²) in [5.74, 6) is 1.48. The van der Waals surface area contributed by atoms with Crippen molar-refractivity contribution in [2.45, 2.75) is 51.2 Å². The Bertz CT molecular complexity index is 410. The maximum Gasteiger partial charge on any atom is 0.185 e. The molecule has 3 rings (SSSR count). The lowest BCUT2D eigenvalue weighted by Gasteiger charge is -2.23. The van der Waals surface area contributed by atoms with Crippen LogP contribution in [0.1, 0.15) is 49.1 Å². The minimum atomic E-state index is 0.148. The van der Waals surface area contributed by atoms with E-state index in [0.29, 0.717) is 12.0 Å². The lowest BCUT2D eigenvalue weighted by molar-refractivity contribution is 0.284. The zero-order valence-electron chi connectivity index (χ0n) is 10.5. The van der Waals surface area contributed by atoms with Crippen molar-refractivity contribution in [2.75, 3.05) is 11.9 Å². The molecule has 1 heterocycles. The van der Waals surface area contributed by atoms with E-state index in [4.69, 9.17) is 4.98 Å². The van der Waals surface area contributed by atoms with Crippen molar-refractivity contribution in [1.82, 2.24) is 4.98 Å². The van der Waals surface area contributed by atoms with Crippen molar-refractivity contribution in [2.24, 2.45) is 5.92 Å². The largest absolute Gasteiger partial charge is 0.391 e. The summed E-state index contributed by atoms with van der Waals surface area (Å²) in [7, 11) is 2.14. The first-order valence-electron chi connectivity index (χ1n) is 6.54. The molecule has 4 heteroatoms. The van der Waals surface area contributed by atoms with Gasteiger partial charge in [0.05, 0.1) is 17.2 Å². The number of aromatic nitrogens is 1. The summed E-state index contributed by atoms with van der Waals surface area (Å²) in [5, 5.41) is 10.5. The van der Waals surface area contributed by atoms with Gasteiger partial charge in [0.25, 0.3) is 0 Å². The first-order valence-corrected chi connectivity index (χ1v) is 7.35. The smallest absolute Gasteiger partial charge is 0.185 e. The fourth-order valence-electron chi connectivity index (χ4n) is 2.36. The van der Waals surface area contributed by atoms with Crippen LogP contribution >= 0.6 is 11.3 Å². The van der Waals surface area contributed by atoms with E-state index in [-0.39, 0.29) is 6.61 Å². The second kappa shape index (κ2) is 4.25. The summed E-state index contributed by atoms with van der Waals surface area (Å²) in [5.41, 5.74) is 1.17. The van der Waals surface area contributed by atoms with Gasteiger partial charge in [0, 0.05) is 19.0 Å². The molecular weight excluding hydrogens is 232 g/mol. The van der Waals surface area contributed by atoms with Gasteiger partial charge in [-0.25, -0.2) is 4.98 Å². The van der Waals surface area contributed by atoms with Gasteiger partial charge in [-0.2, -0.15) is 0 Å². The van der Waals surface area contributed by atoms with Crippen molar-refractivity contribution in [1.29, 1.82) is 0 Å². The first kappa shape index (κ1) is 11.5. The summed E-state index contributed by atoms with van der Waals surface area (Å²) in [6.07, 6.45) is 5.22. The molecule has 0 amide bonds. The van der Waals surface area contributed by atoms with Crippen LogP contribution in [0.2, 0.25) is 0 Å². The third kappa shape index (κ3) is 2.20. The zero-order chi connectivity index (χ0) is 12.0. The van der Waals surface area contributed by atoms with Gasteiger partial charge < -0.3 is 10.0 Å². The van der Waals surface area contributed by atoms with E-state index in [1.165, 1.54) is 31.4 Å². The summed E-state index contributed by atoms with van der Waals surface area (Å²) in [6, 6.07) is 0.583. The Kier molecular flexibility index (Phi) is 2.87. The quantitative estimate of drug-likeness (QED) is 0.875.